The van der Waals surface area contributed by atoms with E-state index in [9.17, 15) is 4.39 Å². The Kier molecular flexibility index (Phi) is 5.12. The molecule has 0 aliphatic carbocycles. The van der Waals surface area contributed by atoms with Crippen LogP contribution in [0.2, 0.25) is 0 Å². The second kappa shape index (κ2) is 6.40. The minimum absolute atomic E-state index is 0.215. The van der Waals surface area contributed by atoms with Crippen LogP contribution in [0.1, 0.15) is 18.9 Å². The summed E-state index contributed by atoms with van der Waals surface area (Å²) >= 11 is 0. The quantitative estimate of drug-likeness (QED) is 0.730. The fraction of sp³-hybridized carbons (Fsp3) is 0.500. The standard InChI is InChI=1S/C12H18FNO/c1-3-14-7-4-8-15-12-6-5-11(13)9-10(12)2/h5-6,9,14H,3-4,7-8H2,1-2H3. The minimum atomic E-state index is -0.215. The molecule has 15 heavy (non-hydrogen) atoms. The van der Waals surface area contributed by atoms with E-state index in [4.69, 9.17) is 4.74 Å². The molecule has 1 rings (SSSR count). The highest BCUT2D eigenvalue weighted by molar-refractivity contribution is 5.32. The van der Waals surface area contributed by atoms with E-state index >= 15 is 0 Å². The van der Waals surface area contributed by atoms with E-state index in [2.05, 4.69) is 12.2 Å². The van der Waals surface area contributed by atoms with Gasteiger partial charge in [-0.15, -0.1) is 0 Å². The molecule has 1 aromatic carbocycles. The Morgan fingerprint density at radius 2 is 2.20 bits per heavy atom. The van der Waals surface area contributed by atoms with Crippen molar-refractivity contribution in [2.24, 2.45) is 0 Å². The van der Waals surface area contributed by atoms with E-state index < -0.39 is 0 Å². The third-order valence-corrected chi connectivity index (χ3v) is 2.14. The van der Waals surface area contributed by atoms with Gasteiger partial charge in [0.25, 0.3) is 0 Å². The molecular formula is C12H18FNO. The predicted octanol–water partition coefficient (Wildman–Crippen LogP) is 2.51. The van der Waals surface area contributed by atoms with Gasteiger partial charge in [0.1, 0.15) is 11.6 Å². The summed E-state index contributed by atoms with van der Waals surface area (Å²) in [6, 6.07) is 4.59. The molecule has 0 spiro atoms. The summed E-state index contributed by atoms with van der Waals surface area (Å²) in [6.07, 6.45) is 0.963. The van der Waals surface area contributed by atoms with Gasteiger partial charge in [-0.2, -0.15) is 0 Å². The molecule has 0 atom stereocenters. The van der Waals surface area contributed by atoms with Crippen molar-refractivity contribution < 1.29 is 9.13 Å². The number of hydrogen-bond donors (Lipinski definition) is 1. The fourth-order valence-corrected chi connectivity index (χ4v) is 1.33. The number of rotatable bonds is 6. The van der Waals surface area contributed by atoms with E-state index in [-0.39, 0.29) is 5.82 Å². The van der Waals surface area contributed by atoms with Crippen LogP contribution in [0.25, 0.3) is 0 Å². The topological polar surface area (TPSA) is 21.3 Å². The van der Waals surface area contributed by atoms with Crippen molar-refractivity contribution in [2.75, 3.05) is 19.7 Å². The van der Waals surface area contributed by atoms with Gasteiger partial charge in [0.05, 0.1) is 6.61 Å². The monoisotopic (exact) mass is 211 g/mol. The van der Waals surface area contributed by atoms with Gasteiger partial charge in [0.2, 0.25) is 0 Å². The van der Waals surface area contributed by atoms with Crippen LogP contribution in [0.5, 0.6) is 5.75 Å². The fourth-order valence-electron chi connectivity index (χ4n) is 1.33. The Bertz CT molecular complexity index is 302. The van der Waals surface area contributed by atoms with Crippen molar-refractivity contribution in [3.05, 3.63) is 29.6 Å². The highest BCUT2D eigenvalue weighted by atomic mass is 19.1. The number of ether oxygens (including phenoxy) is 1. The number of benzene rings is 1. The molecule has 1 N–H and O–H groups in total. The highest BCUT2D eigenvalue weighted by Crippen LogP contribution is 2.18. The first-order valence-corrected chi connectivity index (χ1v) is 5.33. The lowest BCUT2D eigenvalue weighted by Crippen LogP contribution is -2.16. The average molecular weight is 211 g/mol. The van der Waals surface area contributed by atoms with E-state index in [1.165, 1.54) is 12.1 Å². The third-order valence-electron chi connectivity index (χ3n) is 2.14. The summed E-state index contributed by atoms with van der Waals surface area (Å²) in [6.45, 7) is 6.53. The molecule has 0 heterocycles. The first kappa shape index (κ1) is 12.0. The molecule has 0 aliphatic rings. The number of aryl methyl sites for hydroxylation is 1. The molecule has 0 aliphatic heterocycles. The van der Waals surface area contributed by atoms with Crippen LogP contribution in [0, 0.1) is 12.7 Å². The molecular weight excluding hydrogens is 193 g/mol. The van der Waals surface area contributed by atoms with E-state index in [0.717, 1.165) is 30.8 Å². The lowest BCUT2D eigenvalue weighted by molar-refractivity contribution is 0.306. The molecule has 0 aromatic heterocycles. The zero-order valence-corrected chi connectivity index (χ0v) is 9.35. The SMILES string of the molecule is CCNCCCOc1ccc(F)cc1C. The Morgan fingerprint density at radius 1 is 1.40 bits per heavy atom. The summed E-state index contributed by atoms with van der Waals surface area (Å²) in [5, 5.41) is 3.22. The summed E-state index contributed by atoms with van der Waals surface area (Å²) < 4.78 is 18.3. The largest absolute Gasteiger partial charge is 0.493 e. The maximum Gasteiger partial charge on any atom is 0.123 e. The molecule has 0 saturated carbocycles. The van der Waals surface area contributed by atoms with Crippen LogP contribution in [0.15, 0.2) is 18.2 Å². The maximum atomic E-state index is 12.8. The molecule has 3 heteroatoms. The summed E-state index contributed by atoms with van der Waals surface area (Å²) in [5.41, 5.74) is 0.846. The van der Waals surface area contributed by atoms with Crippen molar-refractivity contribution >= 4 is 0 Å². The van der Waals surface area contributed by atoms with Crippen LogP contribution < -0.4 is 10.1 Å². The lowest BCUT2D eigenvalue weighted by atomic mass is 10.2. The minimum Gasteiger partial charge on any atom is -0.493 e. The Labute approximate surface area is 90.4 Å². The Balaban J connectivity index is 2.31. The van der Waals surface area contributed by atoms with E-state index in [0.29, 0.717) is 6.61 Å². The smallest absolute Gasteiger partial charge is 0.123 e. The highest BCUT2D eigenvalue weighted by Gasteiger charge is 2.00. The molecule has 0 radical (unpaired) electrons. The molecule has 0 amide bonds. The van der Waals surface area contributed by atoms with Crippen molar-refractivity contribution in [3.8, 4) is 5.75 Å². The van der Waals surface area contributed by atoms with Gasteiger partial charge in [-0.3, -0.25) is 0 Å². The van der Waals surface area contributed by atoms with Crippen LogP contribution in [0.3, 0.4) is 0 Å². The first-order chi connectivity index (χ1) is 7.24. The van der Waals surface area contributed by atoms with Gasteiger partial charge in [0.15, 0.2) is 0 Å². The lowest BCUT2D eigenvalue weighted by Gasteiger charge is -2.08. The maximum absolute atomic E-state index is 12.8. The second-order valence-electron chi connectivity index (χ2n) is 3.47. The van der Waals surface area contributed by atoms with Crippen molar-refractivity contribution in [2.45, 2.75) is 20.3 Å². The first-order valence-electron chi connectivity index (χ1n) is 5.33. The van der Waals surface area contributed by atoms with Crippen LogP contribution in [0.4, 0.5) is 4.39 Å². The van der Waals surface area contributed by atoms with E-state index in [1.54, 1.807) is 6.07 Å². The van der Waals surface area contributed by atoms with Crippen molar-refractivity contribution in [3.63, 3.8) is 0 Å². The summed E-state index contributed by atoms with van der Waals surface area (Å²) in [5.74, 6) is 0.556. The number of nitrogens with one attached hydrogen (secondary N) is 1. The van der Waals surface area contributed by atoms with Crippen molar-refractivity contribution in [1.82, 2.24) is 5.32 Å². The molecule has 0 saturated heterocycles. The van der Waals surface area contributed by atoms with Gasteiger partial charge in [-0.25, -0.2) is 4.39 Å². The van der Waals surface area contributed by atoms with Crippen LogP contribution in [-0.4, -0.2) is 19.7 Å². The zero-order valence-electron chi connectivity index (χ0n) is 9.35. The average Bonchev–Trinajstić information content (AvgIpc) is 2.20. The zero-order chi connectivity index (χ0) is 11.1. The number of halogens is 1. The van der Waals surface area contributed by atoms with Crippen LogP contribution in [-0.2, 0) is 0 Å². The van der Waals surface area contributed by atoms with Crippen LogP contribution >= 0.6 is 0 Å². The molecule has 1 aromatic rings. The number of hydrogen-bond acceptors (Lipinski definition) is 2. The Hall–Kier alpha value is -1.09. The molecule has 84 valence electrons. The van der Waals surface area contributed by atoms with Gasteiger partial charge in [0, 0.05) is 0 Å². The summed E-state index contributed by atoms with van der Waals surface area (Å²) in [4.78, 5) is 0. The molecule has 2 nitrogen and oxygen atoms in total. The Morgan fingerprint density at radius 3 is 2.87 bits per heavy atom. The third kappa shape index (κ3) is 4.30. The summed E-state index contributed by atoms with van der Waals surface area (Å²) in [7, 11) is 0. The molecule has 0 fully saturated rings. The van der Waals surface area contributed by atoms with Gasteiger partial charge >= 0.3 is 0 Å². The van der Waals surface area contributed by atoms with Gasteiger partial charge in [-0.1, -0.05) is 6.92 Å². The molecule has 0 unspecified atom stereocenters. The van der Waals surface area contributed by atoms with E-state index in [1.807, 2.05) is 6.92 Å². The van der Waals surface area contributed by atoms with Crippen molar-refractivity contribution in [1.29, 1.82) is 0 Å². The normalized spacial score (nSPS) is 10.3. The molecule has 0 bridgehead atoms. The predicted molar refractivity (Wildman–Crippen MR) is 59.8 cm³/mol. The second-order valence-corrected chi connectivity index (χ2v) is 3.47. The van der Waals surface area contributed by atoms with Gasteiger partial charge in [-0.05, 0) is 50.2 Å². The van der Waals surface area contributed by atoms with Gasteiger partial charge < -0.3 is 10.1 Å².